The Morgan fingerprint density at radius 1 is 0.765 bits per heavy atom. The van der Waals surface area contributed by atoms with Gasteiger partial charge in [-0.15, -0.1) is 0 Å². The fourth-order valence-corrected chi connectivity index (χ4v) is 1.76. The molecule has 2 nitrogen and oxygen atoms in total. The van der Waals surface area contributed by atoms with E-state index < -0.39 is 0 Å². The fourth-order valence-electron chi connectivity index (χ4n) is 1.19. The van der Waals surface area contributed by atoms with Crippen LogP contribution in [0.3, 0.4) is 0 Å². The lowest BCUT2D eigenvalue weighted by Gasteiger charge is -2.07. The molecule has 0 saturated heterocycles. The van der Waals surface area contributed by atoms with Gasteiger partial charge in [0.05, 0.1) is 5.02 Å². The molecule has 2 aromatic carbocycles. The van der Waals surface area contributed by atoms with Crippen LogP contribution in [0.5, 0.6) is 11.5 Å². The molecule has 2 aromatic rings. The average molecular weight is 292 g/mol. The smallest absolute Gasteiger partial charge is 0.146 e. The highest BCUT2D eigenvalue weighted by Crippen LogP contribution is 2.31. The molecule has 0 bridgehead atoms. The van der Waals surface area contributed by atoms with Crippen molar-refractivity contribution in [2.75, 3.05) is 0 Å². The molecule has 0 spiro atoms. The summed E-state index contributed by atoms with van der Waals surface area (Å²) in [6.45, 7) is 0. The first kappa shape index (κ1) is 14.1. The summed E-state index contributed by atoms with van der Waals surface area (Å²) >= 11 is 17.5. The Morgan fingerprint density at radius 2 is 1.35 bits per heavy atom. The maximum atomic E-state index is 5.98. The molecule has 0 fully saturated rings. The largest absolute Gasteiger partial charge is 0.456 e. The first-order chi connectivity index (χ1) is 7.65. The first-order valence-electron chi connectivity index (χ1n) is 4.53. The molecule has 0 aliphatic rings. The van der Waals surface area contributed by atoms with Crippen LogP contribution < -0.4 is 4.74 Å². The SMILES string of the molecule is Clc1ccc(Oc2ccc(Cl)cc2Cl)cc1.O. The first-order valence-corrected chi connectivity index (χ1v) is 5.67. The molecule has 0 atom stereocenters. The standard InChI is InChI=1S/C12H7Cl3O.H2O/c13-8-1-4-10(5-2-8)16-12-6-3-9(14)7-11(12)15;/h1-7H;1H2. The van der Waals surface area contributed by atoms with Gasteiger partial charge >= 0.3 is 0 Å². The van der Waals surface area contributed by atoms with E-state index in [4.69, 9.17) is 39.5 Å². The van der Waals surface area contributed by atoms with Gasteiger partial charge in [-0.2, -0.15) is 0 Å². The van der Waals surface area contributed by atoms with Gasteiger partial charge in [0, 0.05) is 10.0 Å². The number of hydrogen-bond donors (Lipinski definition) is 0. The van der Waals surface area contributed by atoms with Crippen LogP contribution in [0, 0.1) is 0 Å². The zero-order chi connectivity index (χ0) is 11.5. The molecule has 0 saturated carbocycles. The van der Waals surface area contributed by atoms with Crippen LogP contribution in [-0.2, 0) is 0 Å². The van der Waals surface area contributed by atoms with Gasteiger partial charge in [-0.1, -0.05) is 34.8 Å². The number of halogens is 3. The van der Waals surface area contributed by atoms with Crippen LogP contribution in [0.25, 0.3) is 0 Å². The summed E-state index contributed by atoms with van der Waals surface area (Å²) in [5.74, 6) is 1.24. The van der Waals surface area contributed by atoms with Crippen molar-refractivity contribution in [3.63, 3.8) is 0 Å². The van der Waals surface area contributed by atoms with Gasteiger partial charge in [-0.3, -0.25) is 0 Å². The Labute approximate surface area is 114 Å². The summed E-state index contributed by atoms with van der Waals surface area (Å²) in [6, 6.07) is 12.1. The molecule has 0 heterocycles. The zero-order valence-electron chi connectivity index (χ0n) is 8.58. The Balaban J connectivity index is 0.00000144. The van der Waals surface area contributed by atoms with E-state index in [2.05, 4.69) is 0 Å². The topological polar surface area (TPSA) is 40.7 Å². The summed E-state index contributed by atoms with van der Waals surface area (Å²) in [5, 5.41) is 1.71. The van der Waals surface area contributed by atoms with Crippen molar-refractivity contribution in [1.29, 1.82) is 0 Å². The van der Waals surface area contributed by atoms with Crippen LogP contribution in [0.15, 0.2) is 42.5 Å². The third-order valence-electron chi connectivity index (χ3n) is 1.94. The average Bonchev–Trinajstić information content (AvgIpc) is 2.25. The van der Waals surface area contributed by atoms with E-state index in [1.165, 1.54) is 0 Å². The maximum absolute atomic E-state index is 5.98. The van der Waals surface area contributed by atoms with E-state index in [1.54, 1.807) is 42.5 Å². The highest BCUT2D eigenvalue weighted by molar-refractivity contribution is 6.35. The normalized spacial score (nSPS) is 9.59. The number of rotatable bonds is 2. The van der Waals surface area contributed by atoms with Gasteiger partial charge in [0.25, 0.3) is 0 Å². The molecule has 0 unspecified atom stereocenters. The quantitative estimate of drug-likeness (QED) is 0.796. The highest BCUT2D eigenvalue weighted by Gasteiger charge is 2.03. The molecule has 2 rings (SSSR count). The number of ether oxygens (including phenoxy) is 1. The highest BCUT2D eigenvalue weighted by atomic mass is 35.5. The van der Waals surface area contributed by atoms with E-state index in [0.717, 1.165) is 0 Å². The Morgan fingerprint density at radius 3 is 1.94 bits per heavy atom. The predicted octanol–water partition coefficient (Wildman–Crippen LogP) is 4.61. The Kier molecular flexibility index (Phi) is 5.09. The maximum Gasteiger partial charge on any atom is 0.146 e. The third kappa shape index (κ3) is 3.79. The Hall–Kier alpha value is -0.930. The van der Waals surface area contributed by atoms with Gasteiger partial charge in [0.2, 0.25) is 0 Å². The lowest BCUT2D eigenvalue weighted by Crippen LogP contribution is -1.84. The molecule has 17 heavy (non-hydrogen) atoms. The Bertz CT molecular complexity index is 498. The number of benzene rings is 2. The molecule has 0 aromatic heterocycles. The van der Waals surface area contributed by atoms with Crippen molar-refractivity contribution >= 4 is 34.8 Å². The lowest BCUT2D eigenvalue weighted by atomic mass is 10.3. The van der Waals surface area contributed by atoms with Gasteiger partial charge in [-0.25, -0.2) is 0 Å². The monoisotopic (exact) mass is 290 g/mol. The van der Waals surface area contributed by atoms with Crippen LogP contribution >= 0.6 is 34.8 Å². The zero-order valence-corrected chi connectivity index (χ0v) is 10.9. The van der Waals surface area contributed by atoms with E-state index >= 15 is 0 Å². The minimum absolute atomic E-state index is 0. The van der Waals surface area contributed by atoms with Crippen molar-refractivity contribution in [1.82, 2.24) is 0 Å². The van der Waals surface area contributed by atoms with Crippen molar-refractivity contribution in [2.45, 2.75) is 0 Å². The summed E-state index contributed by atoms with van der Waals surface area (Å²) in [4.78, 5) is 0. The predicted molar refractivity (Wildman–Crippen MR) is 71.6 cm³/mol. The molecule has 2 N–H and O–H groups in total. The summed E-state index contributed by atoms with van der Waals surface area (Å²) in [7, 11) is 0. The summed E-state index contributed by atoms with van der Waals surface area (Å²) in [5.41, 5.74) is 0. The van der Waals surface area contributed by atoms with Crippen LogP contribution in [0.4, 0.5) is 0 Å². The molecular weight excluding hydrogens is 282 g/mol. The van der Waals surface area contributed by atoms with Crippen molar-refractivity contribution in [3.05, 3.63) is 57.5 Å². The van der Waals surface area contributed by atoms with E-state index in [1.807, 2.05) is 0 Å². The molecule has 0 aliphatic heterocycles. The minimum Gasteiger partial charge on any atom is -0.456 e. The third-order valence-corrected chi connectivity index (χ3v) is 2.72. The minimum atomic E-state index is 0. The van der Waals surface area contributed by atoms with Crippen LogP contribution in [0.1, 0.15) is 0 Å². The van der Waals surface area contributed by atoms with Gasteiger partial charge in [0.15, 0.2) is 0 Å². The second kappa shape index (κ2) is 6.12. The fraction of sp³-hybridized carbons (Fsp3) is 0. The molecule has 90 valence electrons. The van der Waals surface area contributed by atoms with Crippen molar-refractivity contribution in [2.24, 2.45) is 0 Å². The number of hydrogen-bond acceptors (Lipinski definition) is 1. The summed E-state index contributed by atoms with van der Waals surface area (Å²) < 4.78 is 5.57. The van der Waals surface area contributed by atoms with E-state index in [9.17, 15) is 0 Å². The van der Waals surface area contributed by atoms with Crippen LogP contribution in [-0.4, -0.2) is 5.48 Å². The molecule has 0 radical (unpaired) electrons. The van der Waals surface area contributed by atoms with Crippen molar-refractivity contribution in [3.8, 4) is 11.5 Å². The van der Waals surface area contributed by atoms with E-state index in [-0.39, 0.29) is 5.48 Å². The molecular formula is C12H9Cl3O2. The van der Waals surface area contributed by atoms with Gasteiger partial charge in [0.1, 0.15) is 11.5 Å². The van der Waals surface area contributed by atoms with Gasteiger partial charge in [-0.05, 0) is 42.5 Å². The van der Waals surface area contributed by atoms with Crippen LogP contribution in [0.2, 0.25) is 15.1 Å². The summed E-state index contributed by atoms with van der Waals surface area (Å²) in [6.07, 6.45) is 0. The molecule has 0 aliphatic carbocycles. The van der Waals surface area contributed by atoms with E-state index in [0.29, 0.717) is 26.6 Å². The second-order valence-corrected chi connectivity index (χ2v) is 4.41. The second-order valence-electron chi connectivity index (χ2n) is 3.13. The lowest BCUT2D eigenvalue weighted by molar-refractivity contribution is 0.483. The molecule has 0 amide bonds. The molecule has 5 heteroatoms. The van der Waals surface area contributed by atoms with Gasteiger partial charge < -0.3 is 10.2 Å². The van der Waals surface area contributed by atoms with Crippen molar-refractivity contribution < 1.29 is 10.2 Å².